The molecule has 0 amide bonds. The number of rotatable bonds is 6. The molecular formula is C13H18ClF2N3OS. The molecule has 2 rings (SSSR count). The van der Waals surface area contributed by atoms with E-state index in [4.69, 9.17) is 16.3 Å². The molecule has 2 aromatic rings. The van der Waals surface area contributed by atoms with Crippen LogP contribution < -0.4 is 0 Å². The monoisotopic (exact) mass is 337 g/mol. The van der Waals surface area contributed by atoms with Crippen LogP contribution in [0.4, 0.5) is 8.78 Å². The number of hydrogen-bond acceptors (Lipinski definition) is 3. The van der Waals surface area contributed by atoms with Crippen molar-refractivity contribution in [1.82, 2.24) is 14.8 Å². The SMILES string of the molecule is CS(C)(C)CCOCn1nc(C(F)F)c2c(Cl)nccc21. The first kappa shape index (κ1) is 16.5. The maximum absolute atomic E-state index is 13.0. The molecule has 21 heavy (non-hydrogen) atoms. The van der Waals surface area contributed by atoms with Gasteiger partial charge in [-0.25, -0.2) is 28.5 Å². The standard InChI is InChI=1S/C13H18ClF2N3OS/c1-21(2,3)7-6-20-8-19-9-4-5-17-12(14)10(9)11(18-19)13(15)16/h4-5,13H,6-8H2,1-3H3. The fourth-order valence-corrected chi connectivity index (χ4v) is 2.69. The average molecular weight is 338 g/mol. The van der Waals surface area contributed by atoms with Crippen molar-refractivity contribution < 1.29 is 13.5 Å². The van der Waals surface area contributed by atoms with Gasteiger partial charge in [0.05, 0.1) is 17.5 Å². The first-order valence-corrected chi connectivity index (χ1v) is 9.73. The van der Waals surface area contributed by atoms with Crippen LogP contribution in [-0.4, -0.2) is 45.9 Å². The summed E-state index contributed by atoms with van der Waals surface area (Å²) in [5, 5.41) is 4.14. The Hall–Kier alpha value is -0.920. The third-order valence-corrected chi connectivity index (χ3v) is 4.58. The summed E-state index contributed by atoms with van der Waals surface area (Å²) >= 11 is 5.91. The molecule has 0 spiro atoms. The topological polar surface area (TPSA) is 39.9 Å². The van der Waals surface area contributed by atoms with Crippen LogP contribution in [0.3, 0.4) is 0 Å². The average Bonchev–Trinajstić information content (AvgIpc) is 2.74. The van der Waals surface area contributed by atoms with E-state index in [0.717, 1.165) is 5.75 Å². The lowest BCUT2D eigenvalue weighted by Crippen LogP contribution is -2.11. The summed E-state index contributed by atoms with van der Waals surface area (Å²) in [7, 11) is -0.642. The van der Waals surface area contributed by atoms with Crippen molar-refractivity contribution in [2.24, 2.45) is 0 Å². The van der Waals surface area contributed by atoms with Gasteiger partial charge in [0, 0.05) is 11.9 Å². The van der Waals surface area contributed by atoms with Crippen LogP contribution in [0, 0.1) is 0 Å². The van der Waals surface area contributed by atoms with Gasteiger partial charge in [-0.1, -0.05) is 11.6 Å². The van der Waals surface area contributed by atoms with Gasteiger partial charge in [-0.15, -0.1) is 0 Å². The van der Waals surface area contributed by atoms with E-state index in [2.05, 4.69) is 28.8 Å². The van der Waals surface area contributed by atoms with Crippen LogP contribution >= 0.6 is 21.6 Å². The number of alkyl halides is 2. The van der Waals surface area contributed by atoms with Gasteiger partial charge in [0.15, 0.2) is 0 Å². The lowest BCUT2D eigenvalue weighted by molar-refractivity contribution is 0.0812. The number of fused-ring (bicyclic) bond motifs is 1. The number of aromatic nitrogens is 3. The Morgan fingerprint density at radius 2 is 2.10 bits per heavy atom. The summed E-state index contributed by atoms with van der Waals surface area (Å²) < 4.78 is 33.0. The minimum Gasteiger partial charge on any atom is -0.358 e. The molecule has 0 saturated carbocycles. The number of nitrogens with zero attached hydrogens (tertiary/aromatic N) is 3. The third kappa shape index (κ3) is 4.05. The van der Waals surface area contributed by atoms with E-state index in [-0.39, 0.29) is 23.0 Å². The van der Waals surface area contributed by atoms with E-state index in [1.54, 1.807) is 6.07 Å². The van der Waals surface area contributed by atoms with Gasteiger partial charge in [-0.05, 0) is 24.8 Å². The van der Waals surface area contributed by atoms with Gasteiger partial charge in [0.1, 0.15) is 17.6 Å². The Balaban J connectivity index is 2.19. The molecule has 0 aromatic carbocycles. The molecule has 8 heteroatoms. The largest absolute Gasteiger partial charge is 0.358 e. The summed E-state index contributed by atoms with van der Waals surface area (Å²) in [4.78, 5) is 3.83. The molecule has 0 bridgehead atoms. The zero-order valence-corrected chi connectivity index (χ0v) is 13.7. The van der Waals surface area contributed by atoms with E-state index in [1.807, 2.05) is 0 Å². The van der Waals surface area contributed by atoms with Gasteiger partial charge in [0.2, 0.25) is 0 Å². The van der Waals surface area contributed by atoms with Gasteiger partial charge in [0.25, 0.3) is 6.43 Å². The molecule has 2 heterocycles. The van der Waals surface area contributed by atoms with Crippen LogP contribution in [0.25, 0.3) is 10.9 Å². The van der Waals surface area contributed by atoms with Crippen LogP contribution in [0.15, 0.2) is 12.3 Å². The first-order chi connectivity index (χ1) is 9.79. The number of halogens is 3. The Morgan fingerprint density at radius 1 is 1.38 bits per heavy atom. The zero-order chi connectivity index (χ0) is 15.6. The highest BCUT2D eigenvalue weighted by Gasteiger charge is 2.21. The summed E-state index contributed by atoms with van der Waals surface area (Å²) in [5.41, 5.74) is 0.154. The first-order valence-electron chi connectivity index (χ1n) is 6.32. The predicted molar refractivity (Wildman–Crippen MR) is 83.7 cm³/mol. The summed E-state index contributed by atoms with van der Waals surface area (Å²) in [6.45, 7) is 0.697. The number of pyridine rings is 1. The zero-order valence-electron chi connectivity index (χ0n) is 12.1. The molecule has 0 aliphatic heterocycles. The van der Waals surface area contributed by atoms with Crippen molar-refractivity contribution in [3.05, 3.63) is 23.1 Å². The molecule has 0 aliphatic carbocycles. The highest BCUT2D eigenvalue weighted by molar-refractivity contribution is 8.32. The van der Waals surface area contributed by atoms with Crippen LogP contribution in [0.5, 0.6) is 0 Å². The molecule has 0 radical (unpaired) electrons. The van der Waals surface area contributed by atoms with Crippen molar-refractivity contribution in [2.45, 2.75) is 13.2 Å². The molecule has 0 saturated heterocycles. The summed E-state index contributed by atoms with van der Waals surface area (Å²) in [6, 6.07) is 1.61. The van der Waals surface area contributed by atoms with E-state index in [1.165, 1.54) is 10.9 Å². The van der Waals surface area contributed by atoms with Gasteiger partial charge >= 0.3 is 0 Å². The lowest BCUT2D eigenvalue weighted by Gasteiger charge is -2.24. The quantitative estimate of drug-likeness (QED) is 0.596. The molecule has 118 valence electrons. The maximum Gasteiger partial charge on any atom is 0.282 e. The number of ether oxygens (including phenoxy) is 1. The van der Waals surface area contributed by atoms with Gasteiger partial charge < -0.3 is 4.74 Å². The van der Waals surface area contributed by atoms with Crippen molar-refractivity contribution in [3.63, 3.8) is 0 Å². The second-order valence-corrected chi connectivity index (χ2v) is 10.5. The van der Waals surface area contributed by atoms with E-state index in [0.29, 0.717) is 12.1 Å². The fraction of sp³-hybridized carbons (Fsp3) is 0.538. The van der Waals surface area contributed by atoms with Crippen LogP contribution in [0.2, 0.25) is 5.15 Å². The molecule has 4 nitrogen and oxygen atoms in total. The summed E-state index contributed by atoms with van der Waals surface area (Å²) in [5.74, 6) is 0.955. The van der Waals surface area contributed by atoms with E-state index < -0.39 is 16.5 Å². The Bertz CT molecular complexity index is 628. The number of hydrogen-bond donors (Lipinski definition) is 0. The Morgan fingerprint density at radius 3 is 2.71 bits per heavy atom. The molecule has 0 N–H and O–H groups in total. The Labute approximate surface area is 128 Å². The minimum absolute atomic E-state index is 0.0354. The van der Waals surface area contributed by atoms with Crippen LogP contribution in [-0.2, 0) is 11.5 Å². The van der Waals surface area contributed by atoms with E-state index >= 15 is 0 Å². The molecular weight excluding hydrogens is 320 g/mol. The molecule has 0 aliphatic rings. The Kier molecular flexibility index (Phi) is 5.06. The predicted octanol–water partition coefficient (Wildman–Crippen LogP) is 3.69. The second-order valence-electron chi connectivity index (χ2n) is 5.51. The normalized spacial score (nSPS) is 13.3. The molecule has 2 aromatic heterocycles. The van der Waals surface area contributed by atoms with Gasteiger partial charge in [-0.3, -0.25) is 0 Å². The lowest BCUT2D eigenvalue weighted by atomic mass is 10.2. The van der Waals surface area contributed by atoms with Crippen molar-refractivity contribution in [2.75, 3.05) is 31.1 Å². The van der Waals surface area contributed by atoms with Crippen LogP contribution in [0.1, 0.15) is 12.1 Å². The van der Waals surface area contributed by atoms with Crippen molar-refractivity contribution in [3.8, 4) is 0 Å². The smallest absolute Gasteiger partial charge is 0.282 e. The third-order valence-electron chi connectivity index (χ3n) is 2.91. The minimum atomic E-state index is -2.70. The molecule has 0 atom stereocenters. The molecule has 0 unspecified atom stereocenters. The van der Waals surface area contributed by atoms with Crippen molar-refractivity contribution >= 4 is 32.5 Å². The summed E-state index contributed by atoms with van der Waals surface area (Å²) in [6.07, 6.45) is 5.35. The second kappa shape index (κ2) is 6.46. The maximum atomic E-state index is 13.0. The van der Waals surface area contributed by atoms with E-state index in [9.17, 15) is 8.78 Å². The highest BCUT2D eigenvalue weighted by atomic mass is 35.5. The van der Waals surface area contributed by atoms with Crippen molar-refractivity contribution in [1.29, 1.82) is 0 Å². The van der Waals surface area contributed by atoms with Gasteiger partial charge in [-0.2, -0.15) is 5.10 Å². The highest BCUT2D eigenvalue weighted by Crippen LogP contribution is 2.34. The fourth-order valence-electron chi connectivity index (χ4n) is 1.82. The molecule has 0 fully saturated rings.